The molecule has 0 bridgehead atoms. The van der Waals surface area contributed by atoms with E-state index in [1.165, 1.54) is 6.07 Å². The first-order valence-electron chi connectivity index (χ1n) is 8.76. The van der Waals surface area contributed by atoms with Gasteiger partial charge in [0, 0.05) is 17.1 Å². The molecule has 5 nitrogen and oxygen atoms in total. The molecule has 0 N–H and O–H groups in total. The highest BCUT2D eigenvalue weighted by atomic mass is 19.1. The number of allylic oxidation sites excluding steroid dienone is 1. The first kappa shape index (κ1) is 18.8. The van der Waals surface area contributed by atoms with Gasteiger partial charge in [-0.05, 0) is 57.5 Å². The molecule has 0 aliphatic carbocycles. The second-order valence-corrected chi connectivity index (χ2v) is 6.45. The Bertz CT molecular complexity index is 985. The smallest absolute Gasteiger partial charge is 0.322 e. The first-order valence-corrected chi connectivity index (χ1v) is 8.76. The van der Waals surface area contributed by atoms with Crippen molar-refractivity contribution < 1.29 is 18.7 Å². The number of hydrogen-bond donors (Lipinski definition) is 0. The summed E-state index contributed by atoms with van der Waals surface area (Å²) in [4.78, 5) is 28.9. The predicted octanol–water partition coefficient (Wildman–Crippen LogP) is 3.80. The van der Waals surface area contributed by atoms with Gasteiger partial charge in [-0.15, -0.1) is 0 Å². The number of nitrogens with zero attached hydrogens (tertiary/aromatic N) is 2. The molecule has 2 aromatic rings. The van der Waals surface area contributed by atoms with Gasteiger partial charge in [0.2, 0.25) is 5.78 Å². The normalized spacial score (nSPS) is 18.1. The number of carbonyl (C=O) groups is 2. The number of Topliss-reactive ketones (excluding diaryl/α,β-unsaturated/α-hetero) is 1. The highest BCUT2D eigenvalue weighted by Crippen LogP contribution is 2.28. The molecular weight excluding hydrogens is 347 g/mol. The van der Waals surface area contributed by atoms with E-state index in [0.29, 0.717) is 11.4 Å². The molecule has 1 aromatic carbocycles. The van der Waals surface area contributed by atoms with Gasteiger partial charge in [0.1, 0.15) is 11.5 Å². The van der Waals surface area contributed by atoms with Crippen LogP contribution in [0.5, 0.6) is 0 Å². The SMILES string of the molecule is CCOC(=O)C1C(=O)/C(=C\c2cc(C)n(-c3ccccc3F)c2C)N=C1C. The zero-order valence-corrected chi connectivity index (χ0v) is 15.7. The van der Waals surface area contributed by atoms with Crippen molar-refractivity contribution in [3.63, 3.8) is 0 Å². The van der Waals surface area contributed by atoms with Crippen LogP contribution in [0.15, 0.2) is 41.0 Å². The van der Waals surface area contributed by atoms with Crippen LogP contribution in [0.25, 0.3) is 11.8 Å². The summed E-state index contributed by atoms with van der Waals surface area (Å²) in [5, 5.41) is 0. The summed E-state index contributed by atoms with van der Waals surface area (Å²) in [6.45, 7) is 7.26. The van der Waals surface area contributed by atoms with E-state index in [9.17, 15) is 14.0 Å². The topological polar surface area (TPSA) is 60.7 Å². The fourth-order valence-corrected chi connectivity index (χ4v) is 3.34. The monoisotopic (exact) mass is 368 g/mol. The molecule has 3 rings (SSSR count). The average molecular weight is 368 g/mol. The number of halogens is 1. The van der Waals surface area contributed by atoms with Crippen molar-refractivity contribution in [1.82, 2.24) is 4.57 Å². The van der Waals surface area contributed by atoms with Gasteiger partial charge >= 0.3 is 5.97 Å². The Morgan fingerprint density at radius 3 is 2.67 bits per heavy atom. The third-order valence-electron chi connectivity index (χ3n) is 4.61. The molecule has 2 heterocycles. The van der Waals surface area contributed by atoms with Gasteiger partial charge < -0.3 is 9.30 Å². The fraction of sp³-hybridized carbons (Fsp3) is 0.286. The molecule has 1 aliphatic heterocycles. The minimum atomic E-state index is -0.980. The first-order chi connectivity index (χ1) is 12.8. The summed E-state index contributed by atoms with van der Waals surface area (Å²) in [5.41, 5.74) is 3.44. The van der Waals surface area contributed by atoms with Crippen molar-refractivity contribution in [3.05, 3.63) is 58.8 Å². The zero-order valence-electron chi connectivity index (χ0n) is 15.7. The number of aromatic nitrogens is 1. The van der Waals surface area contributed by atoms with Crippen LogP contribution in [-0.4, -0.2) is 28.6 Å². The van der Waals surface area contributed by atoms with E-state index in [2.05, 4.69) is 4.99 Å². The number of hydrogen-bond acceptors (Lipinski definition) is 4. The van der Waals surface area contributed by atoms with Gasteiger partial charge in [-0.3, -0.25) is 14.6 Å². The molecule has 0 radical (unpaired) electrons. The van der Waals surface area contributed by atoms with Crippen molar-refractivity contribution in [1.29, 1.82) is 0 Å². The highest BCUT2D eigenvalue weighted by molar-refractivity contribution is 6.28. The molecule has 0 fully saturated rings. The van der Waals surface area contributed by atoms with Gasteiger partial charge in [-0.2, -0.15) is 0 Å². The lowest BCUT2D eigenvalue weighted by Crippen LogP contribution is -2.28. The molecule has 1 atom stereocenters. The van der Waals surface area contributed by atoms with E-state index in [4.69, 9.17) is 4.74 Å². The molecule has 27 heavy (non-hydrogen) atoms. The maximum atomic E-state index is 14.2. The minimum absolute atomic E-state index is 0.207. The molecule has 6 heteroatoms. The van der Waals surface area contributed by atoms with Crippen molar-refractivity contribution in [3.8, 4) is 5.69 Å². The Hall–Kier alpha value is -3.02. The van der Waals surface area contributed by atoms with Crippen LogP contribution in [0.4, 0.5) is 4.39 Å². The lowest BCUT2D eigenvalue weighted by atomic mass is 10.0. The van der Waals surface area contributed by atoms with Crippen LogP contribution < -0.4 is 0 Å². The number of para-hydroxylation sites is 1. The van der Waals surface area contributed by atoms with Crippen LogP contribution in [0.1, 0.15) is 30.8 Å². The molecular formula is C21H21FN2O3. The van der Waals surface area contributed by atoms with E-state index in [0.717, 1.165) is 17.0 Å². The molecule has 1 aromatic heterocycles. The number of rotatable bonds is 4. The van der Waals surface area contributed by atoms with Crippen molar-refractivity contribution in [2.24, 2.45) is 10.9 Å². The molecule has 0 amide bonds. The summed E-state index contributed by atoms with van der Waals surface area (Å²) in [5.74, 6) is -2.26. The molecule has 0 spiro atoms. The standard InChI is InChI=1S/C21H21FN2O3/c1-5-27-21(26)19-13(3)23-17(20(19)25)11-15-10-12(2)24(14(15)4)18-9-7-6-8-16(18)22/h6-11,19H,5H2,1-4H3/b17-11+. The number of ketones is 1. The summed E-state index contributed by atoms with van der Waals surface area (Å²) in [6.07, 6.45) is 1.64. The van der Waals surface area contributed by atoms with Gasteiger partial charge in [0.05, 0.1) is 12.3 Å². The van der Waals surface area contributed by atoms with Crippen molar-refractivity contribution in [2.75, 3.05) is 6.61 Å². The number of carbonyl (C=O) groups excluding carboxylic acids is 2. The molecule has 1 unspecified atom stereocenters. The van der Waals surface area contributed by atoms with E-state index in [1.807, 2.05) is 19.9 Å². The van der Waals surface area contributed by atoms with Gasteiger partial charge in [0.15, 0.2) is 5.92 Å². The summed E-state index contributed by atoms with van der Waals surface area (Å²) in [7, 11) is 0. The third-order valence-corrected chi connectivity index (χ3v) is 4.61. The summed E-state index contributed by atoms with van der Waals surface area (Å²) < 4.78 is 21.0. The van der Waals surface area contributed by atoms with Gasteiger partial charge in [-0.1, -0.05) is 12.1 Å². The Labute approximate surface area is 157 Å². The second-order valence-electron chi connectivity index (χ2n) is 6.45. The van der Waals surface area contributed by atoms with E-state index in [-0.39, 0.29) is 23.9 Å². The number of benzene rings is 1. The summed E-state index contributed by atoms with van der Waals surface area (Å²) in [6, 6.07) is 8.38. The minimum Gasteiger partial charge on any atom is -0.465 e. The van der Waals surface area contributed by atoms with Gasteiger partial charge in [0.25, 0.3) is 0 Å². The Balaban J connectivity index is 2.00. The number of aliphatic imine (C=N–C) groups is 1. The van der Waals surface area contributed by atoms with Crippen LogP contribution in [0.2, 0.25) is 0 Å². The largest absolute Gasteiger partial charge is 0.465 e. The maximum Gasteiger partial charge on any atom is 0.322 e. The maximum absolute atomic E-state index is 14.2. The molecule has 1 aliphatic rings. The highest BCUT2D eigenvalue weighted by Gasteiger charge is 2.38. The predicted molar refractivity (Wildman–Crippen MR) is 101 cm³/mol. The lowest BCUT2D eigenvalue weighted by molar-refractivity contribution is -0.147. The third kappa shape index (κ3) is 3.35. The Morgan fingerprint density at radius 2 is 2.00 bits per heavy atom. The summed E-state index contributed by atoms with van der Waals surface area (Å²) >= 11 is 0. The molecule has 140 valence electrons. The van der Waals surface area contributed by atoms with E-state index < -0.39 is 11.9 Å². The van der Waals surface area contributed by atoms with E-state index in [1.54, 1.807) is 42.7 Å². The zero-order chi connectivity index (χ0) is 19.7. The van der Waals surface area contributed by atoms with Crippen molar-refractivity contribution in [2.45, 2.75) is 27.7 Å². The molecule has 0 saturated heterocycles. The van der Waals surface area contributed by atoms with Crippen LogP contribution in [0, 0.1) is 25.6 Å². The van der Waals surface area contributed by atoms with Crippen LogP contribution >= 0.6 is 0 Å². The quantitative estimate of drug-likeness (QED) is 0.469. The van der Waals surface area contributed by atoms with Crippen LogP contribution in [-0.2, 0) is 14.3 Å². The van der Waals surface area contributed by atoms with Crippen molar-refractivity contribution >= 4 is 23.5 Å². The van der Waals surface area contributed by atoms with Crippen LogP contribution in [0.3, 0.4) is 0 Å². The number of aryl methyl sites for hydroxylation is 1. The average Bonchev–Trinajstić information content (AvgIpc) is 3.04. The second kappa shape index (κ2) is 7.31. The van der Waals surface area contributed by atoms with E-state index >= 15 is 0 Å². The Morgan fingerprint density at radius 1 is 1.30 bits per heavy atom. The molecule has 0 saturated carbocycles. The Kier molecular flexibility index (Phi) is 5.08. The number of esters is 1. The lowest BCUT2D eigenvalue weighted by Gasteiger charge is -2.10. The van der Waals surface area contributed by atoms with Gasteiger partial charge in [-0.25, -0.2) is 4.39 Å². The number of ether oxygens (including phenoxy) is 1. The fourth-order valence-electron chi connectivity index (χ4n) is 3.34.